The first-order valence-corrected chi connectivity index (χ1v) is 11.5. The molecule has 0 unspecified atom stereocenters. The van der Waals surface area contributed by atoms with Gasteiger partial charge in [0.25, 0.3) is 0 Å². The number of benzene rings is 2. The van der Waals surface area contributed by atoms with E-state index in [0.29, 0.717) is 13.2 Å². The Bertz CT molecular complexity index is 1150. The fourth-order valence-electron chi connectivity index (χ4n) is 4.87. The first-order chi connectivity index (χ1) is 16.1. The van der Waals surface area contributed by atoms with E-state index in [9.17, 15) is 9.90 Å². The van der Waals surface area contributed by atoms with Crippen molar-refractivity contribution in [2.75, 3.05) is 24.7 Å². The number of pyridine rings is 1. The predicted molar refractivity (Wildman–Crippen MR) is 124 cm³/mol. The van der Waals surface area contributed by atoms with Crippen molar-refractivity contribution in [3.05, 3.63) is 77.5 Å². The van der Waals surface area contributed by atoms with E-state index in [1.54, 1.807) is 0 Å². The first-order valence-electron chi connectivity index (χ1n) is 11.5. The second-order valence-electron chi connectivity index (χ2n) is 8.70. The van der Waals surface area contributed by atoms with Gasteiger partial charge in [0.1, 0.15) is 17.3 Å². The maximum Gasteiger partial charge on any atom is 1.00 e. The summed E-state index contributed by atoms with van der Waals surface area (Å²) in [5, 5.41) is 11.0. The number of aliphatic carboxylic acids is 1. The van der Waals surface area contributed by atoms with Crippen LogP contribution >= 0.6 is 0 Å². The summed E-state index contributed by atoms with van der Waals surface area (Å²) >= 11 is 0. The van der Waals surface area contributed by atoms with E-state index in [-0.39, 0.29) is 47.8 Å². The molecule has 0 N–H and O–H groups in total. The van der Waals surface area contributed by atoms with Crippen LogP contribution < -0.4 is 49.0 Å². The number of aromatic nitrogens is 1. The Balaban J connectivity index is 0.00000274. The Labute approximate surface area is 222 Å². The van der Waals surface area contributed by atoms with Gasteiger partial charge < -0.3 is 24.3 Å². The van der Waals surface area contributed by atoms with Gasteiger partial charge in [-0.25, -0.2) is 4.98 Å². The van der Waals surface area contributed by atoms with E-state index < -0.39 is 5.97 Å². The van der Waals surface area contributed by atoms with Gasteiger partial charge in [-0.2, -0.15) is 0 Å². The van der Waals surface area contributed by atoms with Gasteiger partial charge >= 0.3 is 29.6 Å². The van der Waals surface area contributed by atoms with Crippen molar-refractivity contribution in [2.24, 2.45) is 0 Å². The minimum Gasteiger partial charge on any atom is -0.550 e. The number of fused-ring (bicyclic) bond motifs is 2. The average molecular weight is 467 g/mol. The molecule has 2 aliphatic rings. The topological polar surface area (TPSA) is 74.7 Å². The molecule has 0 spiro atoms. The summed E-state index contributed by atoms with van der Waals surface area (Å²) in [4.78, 5) is 17.8. The summed E-state index contributed by atoms with van der Waals surface area (Å²) in [7, 11) is 0. The summed E-state index contributed by atoms with van der Waals surface area (Å²) in [5.41, 5.74) is 4.38. The molecule has 3 aromatic rings. The number of rotatable bonds is 8. The number of anilines is 2. The maximum atomic E-state index is 11.0. The average Bonchev–Trinajstić information content (AvgIpc) is 3.42. The van der Waals surface area contributed by atoms with Crippen LogP contribution in [-0.4, -0.2) is 30.7 Å². The molecule has 34 heavy (non-hydrogen) atoms. The largest absolute Gasteiger partial charge is 1.00 e. The molecule has 170 valence electrons. The van der Waals surface area contributed by atoms with Gasteiger partial charge in [-0.3, -0.25) is 0 Å². The van der Waals surface area contributed by atoms with E-state index in [1.807, 2.05) is 36.5 Å². The second kappa shape index (κ2) is 10.8. The van der Waals surface area contributed by atoms with Crippen molar-refractivity contribution in [1.82, 2.24) is 4.98 Å². The van der Waals surface area contributed by atoms with Crippen molar-refractivity contribution >= 4 is 17.5 Å². The second-order valence-corrected chi connectivity index (χ2v) is 8.70. The fourth-order valence-corrected chi connectivity index (χ4v) is 4.87. The Kier molecular flexibility index (Phi) is 7.81. The molecule has 7 heteroatoms. The third-order valence-electron chi connectivity index (χ3n) is 6.41. The third kappa shape index (κ3) is 4.95. The molecule has 1 aromatic heterocycles. The molecule has 0 radical (unpaired) electrons. The Morgan fingerprint density at radius 1 is 1.06 bits per heavy atom. The summed E-state index contributed by atoms with van der Waals surface area (Å²) < 4.78 is 12.0. The van der Waals surface area contributed by atoms with Crippen LogP contribution in [0, 0.1) is 0 Å². The number of carboxylic acid groups (broad SMARTS) is 1. The van der Waals surface area contributed by atoms with Crippen LogP contribution in [0.1, 0.15) is 48.3 Å². The minimum absolute atomic E-state index is 0. The summed E-state index contributed by atoms with van der Waals surface area (Å²) in [6, 6.07) is 18.4. The third-order valence-corrected chi connectivity index (χ3v) is 6.41. The minimum atomic E-state index is -1.04. The van der Waals surface area contributed by atoms with Gasteiger partial charge in [0, 0.05) is 41.7 Å². The van der Waals surface area contributed by atoms with E-state index in [1.165, 1.54) is 5.56 Å². The smallest absolute Gasteiger partial charge is 0.550 e. The molecule has 2 atom stereocenters. The molecular formula is C27H27N2NaO4. The van der Waals surface area contributed by atoms with Crippen LogP contribution in [0.2, 0.25) is 0 Å². The Hall–Kier alpha value is -2.54. The molecule has 0 aliphatic carbocycles. The van der Waals surface area contributed by atoms with Crippen LogP contribution in [0.15, 0.2) is 60.8 Å². The number of carboxylic acids is 1. The molecule has 6 nitrogen and oxygen atoms in total. The summed E-state index contributed by atoms with van der Waals surface area (Å²) in [6.07, 6.45) is 3.63. The monoisotopic (exact) mass is 466 g/mol. The number of hydrogen-bond acceptors (Lipinski definition) is 6. The summed E-state index contributed by atoms with van der Waals surface area (Å²) in [6.45, 7) is 4.04. The van der Waals surface area contributed by atoms with Gasteiger partial charge in [0.2, 0.25) is 0 Å². The van der Waals surface area contributed by atoms with Crippen LogP contribution in [0.25, 0.3) is 0 Å². The zero-order chi connectivity index (χ0) is 22.8. The van der Waals surface area contributed by atoms with Crippen molar-refractivity contribution in [2.45, 2.75) is 38.0 Å². The van der Waals surface area contributed by atoms with Crippen molar-refractivity contribution in [3.8, 4) is 11.5 Å². The number of nitrogens with zero attached hydrogens (tertiary/aromatic N) is 2. The van der Waals surface area contributed by atoms with Crippen LogP contribution in [0.4, 0.5) is 11.5 Å². The molecule has 0 fully saturated rings. The first kappa shape index (κ1) is 24.6. The van der Waals surface area contributed by atoms with Crippen LogP contribution in [-0.2, 0) is 11.2 Å². The number of hydrogen-bond donors (Lipinski definition) is 0. The maximum absolute atomic E-state index is 11.0. The molecule has 3 heterocycles. The molecule has 2 aromatic carbocycles. The van der Waals surface area contributed by atoms with E-state index in [2.05, 4.69) is 41.1 Å². The zero-order valence-corrected chi connectivity index (χ0v) is 21.7. The van der Waals surface area contributed by atoms with Crippen LogP contribution in [0.5, 0.6) is 11.5 Å². The van der Waals surface area contributed by atoms with E-state index in [0.717, 1.165) is 53.5 Å². The number of carbonyl (C=O) groups is 1. The predicted octanol–water partition coefficient (Wildman–Crippen LogP) is 0.968. The quantitative estimate of drug-likeness (QED) is 0.461. The number of carbonyl (C=O) groups excluding carboxylic acids is 1. The number of ether oxygens (including phenoxy) is 2. The molecule has 0 saturated carbocycles. The van der Waals surface area contributed by atoms with Gasteiger partial charge in [-0.1, -0.05) is 37.3 Å². The van der Waals surface area contributed by atoms with Gasteiger partial charge in [-0.15, -0.1) is 0 Å². The van der Waals surface area contributed by atoms with Gasteiger partial charge in [0.15, 0.2) is 0 Å². The molecule has 5 rings (SSSR count). The van der Waals surface area contributed by atoms with Crippen molar-refractivity contribution in [1.29, 1.82) is 0 Å². The SMILES string of the molecule is CCCN(c1ccccn1)c1cccc2c1OC[C@H]2Cc1ccc2c(c1)OC[C@H]2CC(=O)[O-].[Na+]. The fraction of sp³-hybridized carbons (Fsp3) is 0.333. The van der Waals surface area contributed by atoms with Crippen molar-refractivity contribution in [3.63, 3.8) is 0 Å². The Morgan fingerprint density at radius 3 is 2.68 bits per heavy atom. The van der Waals surface area contributed by atoms with Crippen molar-refractivity contribution < 1.29 is 48.9 Å². The van der Waals surface area contributed by atoms with Gasteiger partial charge in [0.05, 0.1) is 18.9 Å². The zero-order valence-electron chi connectivity index (χ0n) is 19.7. The molecule has 0 saturated heterocycles. The van der Waals surface area contributed by atoms with E-state index >= 15 is 0 Å². The number of para-hydroxylation sites is 1. The van der Waals surface area contributed by atoms with E-state index in [4.69, 9.17) is 9.47 Å². The molecule has 0 bridgehead atoms. The van der Waals surface area contributed by atoms with Crippen LogP contribution in [0.3, 0.4) is 0 Å². The summed E-state index contributed by atoms with van der Waals surface area (Å²) in [5.74, 6) is 1.71. The molecular weight excluding hydrogens is 439 g/mol. The molecule has 2 aliphatic heterocycles. The normalized spacial score (nSPS) is 17.7. The Morgan fingerprint density at radius 2 is 1.91 bits per heavy atom. The standard InChI is InChI=1S/C27H28N2O4.Na/c1-2-12-29(25-8-3-4-11-28-25)23-7-5-6-22-19(17-33-27(22)23)13-18-9-10-21-20(15-26(30)31)16-32-24(21)14-18;/h3-11,14,19-20H,2,12-13,15-17H2,1H3,(H,30,31);/q;+1/p-1/t19-,20-;/m1./s1. The van der Waals surface area contributed by atoms with Gasteiger partial charge in [-0.05, 0) is 49.1 Å². The molecule has 0 amide bonds.